The van der Waals surface area contributed by atoms with Gasteiger partial charge in [0.15, 0.2) is 12.4 Å². The molecule has 0 aliphatic rings. The van der Waals surface area contributed by atoms with Gasteiger partial charge in [-0.1, -0.05) is 6.07 Å². The van der Waals surface area contributed by atoms with E-state index in [1.165, 1.54) is 24.3 Å². The van der Waals surface area contributed by atoms with E-state index in [0.717, 1.165) is 16.2 Å². The van der Waals surface area contributed by atoms with Crippen molar-refractivity contribution in [1.82, 2.24) is 5.32 Å². The summed E-state index contributed by atoms with van der Waals surface area (Å²) in [5.74, 6) is -1.06. The van der Waals surface area contributed by atoms with Gasteiger partial charge in [-0.25, -0.2) is 4.79 Å². The van der Waals surface area contributed by atoms with Gasteiger partial charge >= 0.3 is 5.97 Å². The second-order valence-corrected chi connectivity index (χ2v) is 6.27. The number of rotatable bonds is 6. The first kappa shape index (κ1) is 15.4. The summed E-state index contributed by atoms with van der Waals surface area (Å²) in [5, 5.41) is 4.58. The van der Waals surface area contributed by atoms with Crippen LogP contribution in [-0.4, -0.2) is 24.3 Å². The predicted molar refractivity (Wildman–Crippen MR) is 80.8 cm³/mol. The topological polar surface area (TPSA) is 72.5 Å². The van der Waals surface area contributed by atoms with Gasteiger partial charge in [-0.2, -0.15) is 0 Å². The van der Waals surface area contributed by atoms with Crippen LogP contribution in [0.2, 0.25) is 0 Å². The molecule has 0 bridgehead atoms. The minimum Gasteiger partial charge on any atom is -0.451 e. The van der Waals surface area contributed by atoms with Crippen molar-refractivity contribution in [2.45, 2.75) is 13.5 Å². The zero-order valence-electron chi connectivity index (χ0n) is 11.3. The molecule has 0 atom stereocenters. The third kappa shape index (κ3) is 4.51. The SMILES string of the molecule is CC(=O)c1ccc(C(=O)OCC(=O)NCc2cccs2)s1. The summed E-state index contributed by atoms with van der Waals surface area (Å²) >= 11 is 2.60. The number of esters is 1. The number of Topliss-reactive ketones (excluding diaryl/α,β-unsaturated/α-hetero) is 1. The Morgan fingerprint density at radius 2 is 1.95 bits per heavy atom. The molecule has 2 heterocycles. The molecule has 0 radical (unpaired) electrons. The second kappa shape index (κ2) is 7.14. The van der Waals surface area contributed by atoms with Gasteiger partial charge in [0.25, 0.3) is 5.91 Å². The number of amides is 1. The van der Waals surface area contributed by atoms with Crippen molar-refractivity contribution < 1.29 is 19.1 Å². The zero-order chi connectivity index (χ0) is 15.2. The fourth-order valence-corrected chi connectivity index (χ4v) is 2.93. The van der Waals surface area contributed by atoms with Gasteiger partial charge in [0, 0.05) is 4.88 Å². The van der Waals surface area contributed by atoms with Gasteiger partial charge < -0.3 is 10.1 Å². The van der Waals surface area contributed by atoms with Gasteiger partial charge in [0.1, 0.15) is 4.88 Å². The van der Waals surface area contributed by atoms with Gasteiger partial charge in [-0.3, -0.25) is 9.59 Å². The molecule has 0 aliphatic heterocycles. The molecule has 110 valence electrons. The van der Waals surface area contributed by atoms with E-state index in [4.69, 9.17) is 4.74 Å². The molecular weight excluding hydrogens is 310 g/mol. The van der Waals surface area contributed by atoms with E-state index < -0.39 is 5.97 Å². The van der Waals surface area contributed by atoms with E-state index in [-0.39, 0.29) is 18.3 Å². The smallest absolute Gasteiger partial charge is 0.348 e. The molecule has 2 aromatic rings. The molecule has 1 N–H and O–H groups in total. The van der Waals surface area contributed by atoms with Crippen molar-refractivity contribution in [3.05, 3.63) is 44.3 Å². The van der Waals surface area contributed by atoms with E-state index in [0.29, 0.717) is 16.3 Å². The predicted octanol–water partition coefficient (Wildman–Crippen LogP) is 2.49. The molecule has 21 heavy (non-hydrogen) atoms. The number of hydrogen-bond acceptors (Lipinski definition) is 6. The van der Waals surface area contributed by atoms with Crippen molar-refractivity contribution in [2.24, 2.45) is 0 Å². The fourth-order valence-electron chi connectivity index (χ4n) is 1.49. The van der Waals surface area contributed by atoms with E-state index in [1.807, 2.05) is 17.5 Å². The number of ketones is 1. The van der Waals surface area contributed by atoms with E-state index in [1.54, 1.807) is 6.07 Å². The summed E-state index contributed by atoms with van der Waals surface area (Å²) in [6, 6.07) is 6.90. The van der Waals surface area contributed by atoms with Crippen LogP contribution in [-0.2, 0) is 16.1 Å². The molecule has 0 unspecified atom stereocenters. The average molecular weight is 323 g/mol. The lowest BCUT2D eigenvalue weighted by Gasteiger charge is -2.04. The lowest BCUT2D eigenvalue weighted by molar-refractivity contribution is -0.124. The van der Waals surface area contributed by atoms with Crippen molar-refractivity contribution in [2.75, 3.05) is 6.61 Å². The van der Waals surface area contributed by atoms with E-state index in [2.05, 4.69) is 5.32 Å². The molecule has 2 rings (SSSR count). The maximum Gasteiger partial charge on any atom is 0.348 e. The summed E-state index contributed by atoms with van der Waals surface area (Å²) in [5.41, 5.74) is 0. The van der Waals surface area contributed by atoms with Crippen LogP contribution in [0.3, 0.4) is 0 Å². The molecule has 1 amide bonds. The summed E-state index contributed by atoms with van der Waals surface area (Å²) in [6.45, 7) is 1.51. The highest BCUT2D eigenvalue weighted by Gasteiger charge is 2.14. The van der Waals surface area contributed by atoms with Crippen molar-refractivity contribution in [1.29, 1.82) is 0 Å². The maximum atomic E-state index is 11.7. The van der Waals surface area contributed by atoms with E-state index >= 15 is 0 Å². The average Bonchev–Trinajstić information content (AvgIpc) is 3.12. The molecule has 0 spiro atoms. The number of carbonyl (C=O) groups excluding carboxylic acids is 3. The normalized spacial score (nSPS) is 10.1. The van der Waals surface area contributed by atoms with Crippen LogP contribution in [0.4, 0.5) is 0 Å². The first-order chi connectivity index (χ1) is 10.1. The van der Waals surface area contributed by atoms with E-state index in [9.17, 15) is 14.4 Å². The van der Waals surface area contributed by atoms with Crippen LogP contribution in [0.25, 0.3) is 0 Å². The standard InChI is InChI=1S/C14H13NO4S2/c1-9(16)11-4-5-12(21-11)14(18)19-8-13(17)15-7-10-3-2-6-20-10/h2-6H,7-8H2,1H3,(H,15,17). The van der Waals surface area contributed by atoms with Crippen molar-refractivity contribution in [3.8, 4) is 0 Å². The Hall–Kier alpha value is -1.99. The zero-order valence-corrected chi connectivity index (χ0v) is 12.9. The molecule has 5 nitrogen and oxygen atoms in total. The highest BCUT2D eigenvalue weighted by atomic mass is 32.1. The molecule has 2 aromatic heterocycles. The second-order valence-electron chi connectivity index (χ2n) is 4.15. The highest BCUT2D eigenvalue weighted by molar-refractivity contribution is 7.15. The van der Waals surface area contributed by atoms with Crippen LogP contribution >= 0.6 is 22.7 Å². The third-order valence-electron chi connectivity index (χ3n) is 2.53. The Bertz CT molecular complexity index is 646. The van der Waals surface area contributed by atoms with Gasteiger partial charge in [-0.15, -0.1) is 22.7 Å². The van der Waals surface area contributed by atoms with Crippen LogP contribution in [0, 0.1) is 0 Å². The monoisotopic (exact) mass is 323 g/mol. The number of nitrogens with one attached hydrogen (secondary N) is 1. The van der Waals surface area contributed by atoms with Gasteiger partial charge in [-0.05, 0) is 30.5 Å². The summed E-state index contributed by atoms with van der Waals surface area (Å²) in [4.78, 5) is 36.2. The van der Waals surface area contributed by atoms with Gasteiger partial charge in [0.05, 0.1) is 11.4 Å². The minimum atomic E-state index is -0.598. The Morgan fingerprint density at radius 1 is 1.19 bits per heavy atom. The summed E-state index contributed by atoms with van der Waals surface area (Å²) in [6.07, 6.45) is 0. The Labute approximate surface area is 129 Å². The Kier molecular flexibility index (Phi) is 5.24. The molecule has 7 heteroatoms. The third-order valence-corrected chi connectivity index (χ3v) is 4.57. The molecule has 0 saturated heterocycles. The van der Waals surface area contributed by atoms with Crippen LogP contribution < -0.4 is 5.32 Å². The first-order valence-corrected chi connectivity index (χ1v) is 7.83. The minimum absolute atomic E-state index is 0.104. The van der Waals surface area contributed by atoms with Crippen molar-refractivity contribution >= 4 is 40.3 Å². The van der Waals surface area contributed by atoms with Crippen LogP contribution in [0.5, 0.6) is 0 Å². The molecule has 0 fully saturated rings. The number of hydrogen-bond donors (Lipinski definition) is 1. The molecule has 0 aliphatic carbocycles. The molecule has 0 saturated carbocycles. The van der Waals surface area contributed by atoms with Crippen LogP contribution in [0.1, 0.15) is 31.1 Å². The maximum absolute atomic E-state index is 11.7. The summed E-state index contributed by atoms with van der Waals surface area (Å²) in [7, 11) is 0. The van der Waals surface area contributed by atoms with Gasteiger partial charge in [0.2, 0.25) is 0 Å². The highest BCUT2D eigenvalue weighted by Crippen LogP contribution is 2.17. The lowest BCUT2D eigenvalue weighted by atomic mass is 10.3. The molecule has 0 aromatic carbocycles. The fraction of sp³-hybridized carbons (Fsp3) is 0.214. The lowest BCUT2D eigenvalue weighted by Crippen LogP contribution is -2.27. The Morgan fingerprint density at radius 3 is 2.57 bits per heavy atom. The van der Waals surface area contributed by atoms with Crippen LogP contribution in [0.15, 0.2) is 29.6 Å². The largest absolute Gasteiger partial charge is 0.451 e. The first-order valence-electron chi connectivity index (χ1n) is 6.13. The Balaban J connectivity index is 1.77. The quantitative estimate of drug-likeness (QED) is 0.655. The number of thiophene rings is 2. The number of carbonyl (C=O) groups is 3. The molecular formula is C14H13NO4S2. The van der Waals surface area contributed by atoms with Crippen molar-refractivity contribution in [3.63, 3.8) is 0 Å². The number of ether oxygens (including phenoxy) is 1. The summed E-state index contributed by atoms with van der Waals surface area (Å²) < 4.78 is 4.90.